The normalized spacial score (nSPS) is 29.0. The van der Waals surface area contributed by atoms with Gasteiger partial charge in [-0.1, -0.05) is 17.7 Å². The van der Waals surface area contributed by atoms with Gasteiger partial charge in [0.2, 0.25) is 9.84 Å². The van der Waals surface area contributed by atoms with E-state index in [2.05, 4.69) is 11.5 Å². The molecular weight excluding hydrogens is 290 g/mol. The van der Waals surface area contributed by atoms with Gasteiger partial charge in [-0.2, -0.15) is 5.26 Å². The number of hydrogen-bond donors (Lipinski definition) is 1. The third kappa shape index (κ3) is 2.62. The molecule has 0 bridgehead atoms. The zero-order valence-electron chi connectivity index (χ0n) is 11.7. The lowest BCUT2D eigenvalue weighted by Gasteiger charge is -2.32. The number of nitrogens with one attached hydrogen (secondary N) is 1. The number of nitrogens with zero attached hydrogens (tertiary/aromatic N) is 2. The monoisotopic (exact) mass is 307 g/mol. The molecule has 3 rings (SSSR count). The Morgan fingerprint density at radius 2 is 2.05 bits per heavy atom. The number of sulfone groups is 1. The lowest BCUT2D eigenvalue weighted by Crippen LogP contribution is -2.54. The van der Waals surface area contributed by atoms with E-state index in [0.717, 1.165) is 5.56 Å². The van der Waals surface area contributed by atoms with E-state index in [-0.39, 0.29) is 23.6 Å². The minimum absolute atomic E-state index is 0.0223. The summed E-state index contributed by atoms with van der Waals surface area (Å²) in [5.41, 5.74) is 0.109. The summed E-state index contributed by atoms with van der Waals surface area (Å²) in [6.45, 7) is 3.16. The zero-order chi connectivity index (χ0) is 15.0. The minimum atomic E-state index is -3.53. The fourth-order valence-corrected chi connectivity index (χ4v) is 4.17. The summed E-state index contributed by atoms with van der Waals surface area (Å²) in [5.74, 6) is 0. The number of aryl methyl sites for hydroxylation is 1. The van der Waals surface area contributed by atoms with Crippen LogP contribution in [0, 0.1) is 18.4 Å². The molecule has 21 heavy (non-hydrogen) atoms. The van der Waals surface area contributed by atoms with Gasteiger partial charge in [0.15, 0.2) is 11.6 Å². The van der Waals surface area contributed by atoms with Gasteiger partial charge in [0.25, 0.3) is 0 Å². The topological polar surface area (TPSA) is 82.4 Å². The first kappa shape index (κ1) is 14.3. The van der Waals surface area contributed by atoms with Crippen LogP contribution in [-0.4, -0.2) is 50.5 Å². The van der Waals surface area contributed by atoms with Gasteiger partial charge in [-0.3, -0.25) is 0 Å². The molecule has 3 atom stereocenters. The van der Waals surface area contributed by atoms with Crippen molar-refractivity contribution in [1.82, 2.24) is 10.2 Å². The predicted octanol–water partition coefficient (Wildman–Crippen LogP) is 0.249. The second-order valence-electron chi connectivity index (χ2n) is 5.48. The van der Waals surface area contributed by atoms with Crippen LogP contribution in [0.25, 0.3) is 0 Å². The van der Waals surface area contributed by atoms with Gasteiger partial charge in [0.1, 0.15) is 0 Å². The summed E-state index contributed by atoms with van der Waals surface area (Å²) < 4.78 is 30.9. The molecule has 2 aliphatic heterocycles. The van der Waals surface area contributed by atoms with E-state index in [9.17, 15) is 8.42 Å². The fraction of sp³-hybridized carbons (Fsp3) is 0.500. The summed E-state index contributed by atoms with van der Waals surface area (Å²) in [5, 5.41) is 12.1. The highest BCUT2D eigenvalue weighted by molar-refractivity contribution is 7.92. The van der Waals surface area contributed by atoms with Crippen LogP contribution >= 0.6 is 0 Å². The average Bonchev–Trinajstić information content (AvgIpc) is 2.89. The van der Waals surface area contributed by atoms with Crippen molar-refractivity contribution in [2.45, 2.75) is 29.4 Å². The molecule has 0 aliphatic carbocycles. The van der Waals surface area contributed by atoms with Crippen molar-refractivity contribution < 1.29 is 13.2 Å². The van der Waals surface area contributed by atoms with Crippen LogP contribution in [0.3, 0.4) is 0 Å². The molecule has 2 aliphatic rings. The summed E-state index contributed by atoms with van der Waals surface area (Å²) in [6, 6.07) is 6.79. The summed E-state index contributed by atoms with van der Waals surface area (Å²) in [6.07, 6.45) is 1.82. The summed E-state index contributed by atoms with van der Waals surface area (Å²) >= 11 is 0. The van der Waals surface area contributed by atoms with Gasteiger partial charge in [-0.25, -0.2) is 8.42 Å². The first-order chi connectivity index (χ1) is 10.0. The Labute approximate surface area is 124 Å². The Morgan fingerprint density at radius 3 is 2.71 bits per heavy atom. The van der Waals surface area contributed by atoms with Crippen molar-refractivity contribution in [3.8, 4) is 6.19 Å². The van der Waals surface area contributed by atoms with E-state index in [1.54, 1.807) is 29.2 Å². The highest BCUT2D eigenvalue weighted by atomic mass is 32.2. The van der Waals surface area contributed by atoms with Crippen LogP contribution in [0.15, 0.2) is 29.2 Å². The first-order valence-electron chi connectivity index (χ1n) is 6.85. The molecule has 1 unspecified atom stereocenters. The fourth-order valence-electron chi connectivity index (χ4n) is 2.74. The van der Waals surface area contributed by atoms with E-state index in [0.29, 0.717) is 13.1 Å². The maximum Gasteiger partial charge on any atom is 0.206 e. The second kappa shape index (κ2) is 5.30. The third-order valence-corrected chi connectivity index (χ3v) is 5.88. The molecule has 2 heterocycles. The highest BCUT2D eigenvalue weighted by Gasteiger charge is 2.42. The molecule has 0 saturated carbocycles. The van der Waals surface area contributed by atoms with Crippen LogP contribution in [0.1, 0.15) is 5.56 Å². The highest BCUT2D eigenvalue weighted by Crippen LogP contribution is 2.25. The Balaban J connectivity index is 1.79. The van der Waals surface area contributed by atoms with E-state index < -0.39 is 15.3 Å². The Hall–Kier alpha value is -1.62. The van der Waals surface area contributed by atoms with Crippen molar-refractivity contribution in [3.63, 3.8) is 0 Å². The van der Waals surface area contributed by atoms with Crippen LogP contribution in [-0.2, 0) is 14.6 Å². The molecule has 112 valence electrons. The number of rotatable bonds is 2. The van der Waals surface area contributed by atoms with E-state index in [4.69, 9.17) is 10.00 Å². The predicted molar refractivity (Wildman–Crippen MR) is 76.0 cm³/mol. The van der Waals surface area contributed by atoms with Gasteiger partial charge in [-0.05, 0) is 19.1 Å². The molecule has 7 heteroatoms. The maximum atomic E-state index is 12.6. The number of morpholine rings is 1. The second-order valence-corrected chi connectivity index (χ2v) is 7.57. The lowest BCUT2D eigenvalue weighted by atomic mass is 10.2. The summed E-state index contributed by atoms with van der Waals surface area (Å²) in [4.78, 5) is 1.86. The molecule has 6 nitrogen and oxygen atoms in total. The van der Waals surface area contributed by atoms with Crippen molar-refractivity contribution in [2.75, 3.05) is 19.6 Å². The van der Waals surface area contributed by atoms with Crippen LogP contribution in [0.4, 0.5) is 0 Å². The molecule has 2 saturated heterocycles. The van der Waals surface area contributed by atoms with Crippen molar-refractivity contribution in [3.05, 3.63) is 29.8 Å². The minimum Gasteiger partial charge on any atom is -0.354 e. The molecular formula is C14H17N3O3S. The number of ether oxygens (including phenoxy) is 1. The largest absolute Gasteiger partial charge is 0.354 e. The smallest absolute Gasteiger partial charge is 0.206 e. The molecule has 0 amide bonds. The van der Waals surface area contributed by atoms with E-state index in [1.807, 2.05) is 6.92 Å². The van der Waals surface area contributed by atoms with Gasteiger partial charge in [0, 0.05) is 13.1 Å². The Kier molecular flexibility index (Phi) is 3.61. The molecule has 2 fully saturated rings. The number of benzene rings is 1. The van der Waals surface area contributed by atoms with Crippen LogP contribution in [0.2, 0.25) is 0 Å². The maximum absolute atomic E-state index is 12.6. The summed E-state index contributed by atoms with van der Waals surface area (Å²) in [7, 11) is -3.53. The van der Waals surface area contributed by atoms with Gasteiger partial charge < -0.3 is 15.0 Å². The standard InChI is InChI=1S/C14H17N3O3S/c1-10-2-4-11(5-3-10)21(18,19)14-6-16-12-7-17(9-15)8-13(12)20-14/h2-5,12-14,16H,6-8H2,1H3/t12-,13-,14?/m1/s1. The molecule has 0 radical (unpaired) electrons. The van der Waals surface area contributed by atoms with Gasteiger partial charge in [0.05, 0.1) is 23.6 Å². The molecule has 1 aromatic rings. The zero-order valence-corrected chi connectivity index (χ0v) is 12.5. The van der Waals surface area contributed by atoms with Gasteiger partial charge >= 0.3 is 0 Å². The van der Waals surface area contributed by atoms with Crippen molar-refractivity contribution >= 4 is 9.84 Å². The van der Waals surface area contributed by atoms with E-state index in [1.165, 1.54) is 0 Å². The first-order valence-corrected chi connectivity index (χ1v) is 8.39. The number of hydrogen-bond acceptors (Lipinski definition) is 6. The van der Waals surface area contributed by atoms with Crippen LogP contribution < -0.4 is 5.32 Å². The third-order valence-electron chi connectivity index (χ3n) is 3.98. The number of fused-ring (bicyclic) bond motifs is 1. The average molecular weight is 307 g/mol. The Morgan fingerprint density at radius 1 is 1.33 bits per heavy atom. The molecule has 0 aromatic heterocycles. The molecule has 0 spiro atoms. The van der Waals surface area contributed by atoms with Crippen molar-refractivity contribution in [1.29, 1.82) is 5.26 Å². The Bertz CT molecular complexity index is 666. The van der Waals surface area contributed by atoms with E-state index >= 15 is 0 Å². The van der Waals surface area contributed by atoms with Crippen LogP contribution in [0.5, 0.6) is 0 Å². The number of likely N-dealkylation sites (tertiary alicyclic amines) is 1. The van der Waals surface area contributed by atoms with Crippen molar-refractivity contribution in [2.24, 2.45) is 0 Å². The number of nitriles is 1. The quantitative estimate of drug-likeness (QED) is 0.789. The molecule has 1 N–H and O–H groups in total. The lowest BCUT2D eigenvalue weighted by molar-refractivity contribution is -0.00486. The molecule has 1 aromatic carbocycles. The van der Waals surface area contributed by atoms with Gasteiger partial charge in [-0.15, -0.1) is 0 Å². The SMILES string of the molecule is Cc1ccc(S(=O)(=O)C2CN[C@@H]3CN(C#N)C[C@H]3O2)cc1.